The number of aryl methyl sites for hydroxylation is 1. The van der Waals surface area contributed by atoms with Gasteiger partial charge in [-0.05, 0) is 68.6 Å². The predicted molar refractivity (Wildman–Crippen MR) is 149 cm³/mol. The lowest BCUT2D eigenvalue weighted by Crippen LogP contribution is -2.44. The van der Waals surface area contributed by atoms with Crippen molar-refractivity contribution in [2.45, 2.75) is 26.2 Å². The number of likely N-dealkylation sites (N-methyl/N-ethyl adjacent to an activating group) is 1. The summed E-state index contributed by atoms with van der Waals surface area (Å²) in [5.41, 5.74) is 3.17. The molecule has 1 saturated heterocycles. The van der Waals surface area contributed by atoms with Gasteiger partial charge in [-0.2, -0.15) is 4.98 Å². The molecule has 0 radical (unpaired) electrons. The van der Waals surface area contributed by atoms with E-state index in [0.717, 1.165) is 56.5 Å². The molecule has 0 atom stereocenters. The number of aromatic nitrogens is 3. The van der Waals surface area contributed by atoms with Gasteiger partial charge in [0.15, 0.2) is 29.8 Å². The van der Waals surface area contributed by atoms with Crippen LogP contribution in [0.4, 0.5) is 39.2 Å². The first-order valence-corrected chi connectivity index (χ1v) is 13.5. The molecule has 39 heavy (non-hydrogen) atoms. The molecule has 2 N–H and O–H groups in total. The van der Waals surface area contributed by atoms with E-state index in [-0.39, 0.29) is 24.3 Å². The Morgan fingerprint density at radius 2 is 1.90 bits per heavy atom. The molecule has 3 aliphatic rings. The third-order valence-corrected chi connectivity index (χ3v) is 7.70. The summed E-state index contributed by atoms with van der Waals surface area (Å²) < 4.78 is 20.3. The summed E-state index contributed by atoms with van der Waals surface area (Å²) in [7, 11) is 2.14. The largest absolute Gasteiger partial charge is 0.480 e. The van der Waals surface area contributed by atoms with E-state index in [1.54, 1.807) is 17.0 Å². The van der Waals surface area contributed by atoms with Crippen molar-refractivity contribution in [1.82, 2.24) is 19.9 Å². The fourth-order valence-corrected chi connectivity index (χ4v) is 5.17. The number of hydrogen-bond acceptors (Lipinski definition) is 9. The molecule has 6 rings (SSSR count). The maximum absolute atomic E-state index is 14.7. The first-order valence-electron chi connectivity index (χ1n) is 13.5. The zero-order valence-corrected chi connectivity index (χ0v) is 22.3. The number of fused-ring (bicyclic) bond motifs is 1. The van der Waals surface area contributed by atoms with Crippen LogP contribution in [0.15, 0.2) is 36.5 Å². The Hall–Kier alpha value is -3.99. The third kappa shape index (κ3) is 5.44. The van der Waals surface area contributed by atoms with Gasteiger partial charge in [0.25, 0.3) is 5.91 Å². The van der Waals surface area contributed by atoms with Crippen molar-refractivity contribution in [2.24, 2.45) is 5.92 Å². The number of amides is 1. The molecule has 1 aromatic carbocycles. The molecule has 1 amide bonds. The van der Waals surface area contributed by atoms with Crippen molar-refractivity contribution in [3.63, 3.8) is 0 Å². The molecule has 0 spiro atoms. The van der Waals surface area contributed by atoms with Crippen molar-refractivity contribution in [2.75, 3.05) is 66.8 Å². The molecule has 0 bridgehead atoms. The Labute approximate surface area is 227 Å². The van der Waals surface area contributed by atoms with Gasteiger partial charge in [0.1, 0.15) is 5.82 Å². The fraction of sp³-hybridized carbons (Fsp3) is 0.429. The van der Waals surface area contributed by atoms with Crippen molar-refractivity contribution >= 4 is 40.7 Å². The molecular weight excluding hydrogens is 499 g/mol. The first-order chi connectivity index (χ1) is 18.9. The molecule has 10 nitrogen and oxygen atoms in total. The van der Waals surface area contributed by atoms with Gasteiger partial charge < -0.3 is 25.2 Å². The summed E-state index contributed by atoms with van der Waals surface area (Å²) in [6, 6.07) is 9.56. The molecule has 0 unspecified atom stereocenters. The number of benzene rings is 1. The van der Waals surface area contributed by atoms with Crippen LogP contribution in [0.5, 0.6) is 5.75 Å². The van der Waals surface area contributed by atoms with Crippen LogP contribution < -0.4 is 25.2 Å². The van der Waals surface area contributed by atoms with E-state index in [9.17, 15) is 9.18 Å². The molecule has 2 aliphatic heterocycles. The molecule has 2 fully saturated rings. The second kappa shape index (κ2) is 10.6. The van der Waals surface area contributed by atoms with E-state index in [1.165, 1.54) is 12.1 Å². The number of halogens is 1. The summed E-state index contributed by atoms with van der Waals surface area (Å²) in [6.45, 7) is 6.78. The van der Waals surface area contributed by atoms with Crippen molar-refractivity contribution in [1.29, 1.82) is 0 Å². The maximum atomic E-state index is 14.7. The van der Waals surface area contributed by atoms with E-state index in [1.807, 2.05) is 12.1 Å². The monoisotopic (exact) mass is 532 g/mol. The number of pyridine rings is 1. The highest BCUT2D eigenvalue weighted by molar-refractivity contribution is 5.97. The van der Waals surface area contributed by atoms with Gasteiger partial charge in [0.2, 0.25) is 5.95 Å². The Bertz CT molecular complexity index is 1370. The quantitative estimate of drug-likeness (QED) is 0.466. The van der Waals surface area contributed by atoms with Crippen LogP contribution in [0.1, 0.15) is 24.8 Å². The minimum atomic E-state index is -0.611. The summed E-state index contributed by atoms with van der Waals surface area (Å²) in [6.07, 6.45) is 4.53. The number of piperazine rings is 1. The van der Waals surface area contributed by atoms with E-state index >= 15 is 0 Å². The number of rotatable bonds is 7. The SMILES string of the molecule is Cc1cc(Nc2ncc(F)c(Nc3ccc4c(n3)N(CC3CCC3)C(=O)CO4)n2)ccc1N1CCN(C)CC1. The number of ether oxygens (including phenoxy) is 1. The number of nitrogens with one attached hydrogen (secondary N) is 2. The molecule has 3 aromatic rings. The smallest absolute Gasteiger partial charge is 0.266 e. The van der Waals surface area contributed by atoms with Gasteiger partial charge in [-0.15, -0.1) is 0 Å². The Kier molecular flexibility index (Phi) is 6.90. The second-order valence-corrected chi connectivity index (χ2v) is 10.5. The van der Waals surface area contributed by atoms with Gasteiger partial charge in [-0.25, -0.2) is 14.4 Å². The van der Waals surface area contributed by atoms with Crippen LogP contribution in [0.25, 0.3) is 0 Å². The number of hydrogen-bond donors (Lipinski definition) is 2. The lowest BCUT2D eigenvalue weighted by Gasteiger charge is -2.35. The highest BCUT2D eigenvalue weighted by Gasteiger charge is 2.31. The average Bonchev–Trinajstić information content (AvgIpc) is 2.90. The summed E-state index contributed by atoms with van der Waals surface area (Å²) in [5.74, 6) is 1.35. The number of carbonyl (C=O) groups excluding carboxylic acids is 1. The standard InChI is InChI=1S/C28H33FN8O2/c1-18-14-20(6-7-22(18)36-12-10-35(2)11-13-36)31-28-30-15-21(29)26(34-28)32-24-9-8-23-27(33-24)37(25(38)17-39-23)16-19-4-3-5-19/h6-9,14-15,19H,3-5,10-13,16-17H2,1-2H3,(H2,30,31,32,33,34). The number of anilines is 6. The van der Waals surface area contributed by atoms with Gasteiger partial charge in [-0.1, -0.05) is 6.42 Å². The van der Waals surface area contributed by atoms with Crippen molar-refractivity contribution < 1.29 is 13.9 Å². The van der Waals surface area contributed by atoms with Gasteiger partial charge in [0.05, 0.1) is 6.20 Å². The maximum Gasteiger partial charge on any atom is 0.266 e. The molecule has 4 heterocycles. The van der Waals surface area contributed by atoms with Crippen LogP contribution in [-0.2, 0) is 4.79 Å². The van der Waals surface area contributed by atoms with E-state index < -0.39 is 5.82 Å². The summed E-state index contributed by atoms with van der Waals surface area (Å²) in [5, 5.41) is 6.13. The Balaban J connectivity index is 1.18. The van der Waals surface area contributed by atoms with Gasteiger partial charge in [-0.3, -0.25) is 9.69 Å². The molecule has 204 valence electrons. The van der Waals surface area contributed by atoms with E-state index in [2.05, 4.69) is 55.4 Å². The third-order valence-electron chi connectivity index (χ3n) is 7.70. The minimum Gasteiger partial charge on any atom is -0.480 e. The van der Waals surface area contributed by atoms with Crippen LogP contribution in [0.2, 0.25) is 0 Å². The molecule has 1 saturated carbocycles. The van der Waals surface area contributed by atoms with Crippen LogP contribution in [-0.4, -0.2) is 72.1 Å². The lowest BCUT2D eigenvalue weighted by molar-refractivity contribution is -0.121. The zero-order chi connectivity index (χ0) is 26.9. The van der Waals surface area contributed by atoms with Gasteiger partial charge >= 0.3 is 0 Å². The average molecular weight is 533 g/mol. The number of nitrogens with zero attached hydrogens (tertiary/aromatic N) is 6. The number of carbonyl (C=O) groups is 1. The van der Waals surface area contributed by atoms with Crippen molar-refractivity contribution in [3.8, 4) is 5.75 Å². The van der Waals surface area contributed by atoms with Gasteiger partial charge in [0, 0.05) is 44.1 Å². The summed E-state index contributed by atoms with van der Waals surface area (Å²) in [4.78, 5) is 32.0. The normalized spacial score (nSPS) is 17.9. The molecule has 11 heteroatoms. The molecular formula is C28H33FN8O2. The highest BCUT2D eigenvalue weighted by atomic mass is 19.1. The first kappa shape index (κ1) is 25.3. The fourth-order valence-electron chi connectivity index (χ4n) is 5.17. The Morgan fingerprint density at radius 1 is 1.08 bits per heavy atom. The predicted octanol–water partition coefficient (Wildman–Crippen LogP) is 4.08. The van der Waals surface area contributed by atoms with Crippen molar-refractivity contribution in [3.05, 3.63) is 47.9 Å². The summed E-state index contributed by atoms with van der Waals surface area (Å²) >= 11 is 0. The Morgan fingerprint density at radius 3 is 2.64 bits per heavy atom. The lowest BCUT2D eigenvalue weighted by atomic mass is 9.85. The van der Waals surface area contributed by atoms with E-state index in [0.29, 0.717) is 29.8 Å². The second-order valence-electron chi connectivity index (χ2n) is 10.5. The zero-order valence-electron chi connectivity index (χ0n) is 22.3. The van der Waals surface area contributed by atoms with Crippen LogP contribution in [0.3, 0.4) is 0 Å². The highest BCUT2D eigenvalue weighted by Crippen LogP contribution is 2.36. The molecule has 1 aliphatic carbocycles. The topological polar surface area (TPSA) is 98.8 Å². The van der Waals surface area contributed by atoms with E-state index in [4.69, 9.17) is 4.74 Å². The van der Waals surface area contributed by atoms with Crippen LogP contribution >= 0.6 is 0 Å². The molecule has 2 aromatic heterocycles. The minimum absolute atomic E-state index is 0.000425. The van der Waals surface area contributed by atoms with Crippen LogP contribution in [0, 0.1) is 18.7 Å².